The van der Waals surface area contributed by atoms with Gasteiger partial charge in [-0.25, -0.2) is 4.39 Å². The molecular weight excluding hydrogens is 334 g/mol. The molecule has 0 bridgehead atoms. The molecule has 17 heavy (non-hydrogen) atoms. The second kappa shape index (κ2) is 4.53. The molecule has 0 amide bonds. The van der Waals surface area contributed by atoms with Gasteiger partial charge < -0.3 is 4.74 Å². The molecule has 1 aromatic heterocycles. The first-order valence-corrected chi connectivity index (χ1v) is 6.74. The van der Waals surface area contributed by atoms with Gasteiger partial charge in [0.05, 0.1) is 11.6 Å². The van der Waals surface area contributed by atoms with E-state index in [1.165, 1.54) is 6.07 Å². The summed E-state index contributed by atoms with van der Waals surface area (Å²) in [7, 11) is 0. The van der Waals surface area contributed by atoms with Gasteiger partial charge in [-0.05, 0) is 53.6 Å². The molecule has 0 saturated carbocycles. The topological polar surface area (TPSA) is 27.1 Å². The van der Waals surface area contributed by atoms with Gasteiger partial charge in [-0.3, -0.25) is 4.68 Å². The molecule has 1 fully saturated rings. The van der Waals surface area contributed by atoms with Gasteiger partial charge in [0.2, 0.25) is 0 Å². The summed E-state index contributed by atoms with van der Waals surface area (Å²) >= 11 is 2.16. The molecule has 1 aliphatic heterocycles. The third-order valence-corrected chi connectivity index (χ3v) is 3.96. The standard InChI is InChI=1S/C12H12FIN2O/c13-8-1-2-11-10(7-8)12(14)15-16(11)9-3-5-17-6-4-9/h1-2,7,9H,3-6H2. The molecule has 3 rings (SSSR count). The monoisotopic (exact) mass is 346 g/mol. The number of halogens is 2. The minimum absolute atomic E-state index is 0.207. The predicted molar refractivity (Wildman–Crippen MR) is 71.5 cm³/mol. The predicted octanol–water partition coefficient (Wildman–Crippen LogP) is 3.13. The molecule has 1 aliphatic rings. The van der Waals surface area contributed by atoms with E-state index in [0.717, 1.165) is 40.7 Å². The normalized spacial score (nSPS) is 17.8. The molecule has 3 nitrogen and oxygen atoms in total. The summed E-state index contributed by atoms with van der Waals surface area (Å²) < 4.78 is 21.5. The van der Waals surface area contributed by atoms with Crippen LogP contribution in [0.15, 0.2) is 18.2 Å². The maximum absolute atomic E-state index is 13.2. The van der Waals surface area contributed by atoms with Crippen molar-refractivity contribution in [3.8, 4) is 0 Å². The van der Waals surface area contributed by atoms with Crippen LogP contribution < -0.4 is 0 Å². The Bertz CT molecular complexity index is 549. The van der Waals surface area contributed by atoms with Gasteiger partial charge >= 0.3 is 0 Å². The molecule has 0 unspecified atom stereocenters. The van der Waals surface area contributed by atoms with Crippen molar-refractivity contribution in [2.45, 2.75) is 18.9 Å². The summed E-state index contributed by atoms with van der Waals surface area (Å²) in [6, 6.07) is 5.24. The zero-order valence-electron chi connectivity index (χ0n) is 9.20. The van der Waals surface area contributed by atoms with Crippen LogP contribution in [0.4, 0.5) is 4.39 Å². The van der Waals surface area contributed by atoms with Crippen LogP contribution in [0, 0.1) is 9.52 Å². The van der Waals surface area contributed by atoms with Gasteiger partial charge in [0.1, 0.15) is 9.52 Å². The van der Waals surface area contributed by atoms with Crippen LogP contribution >= 0.6 is 22.6 Å². The lowest BCUT2D eigenvalue weighted by Crippen LogP contribution is -2.20. The highest BCUT2D eigenvalue weighted by Crippen LogP contribution is 2.28. The van der Waals surface area contributed by atoms with Crippen LogP contribution in [0.25, 0.3) is 10.9 Å². The van der Waals surface area contributed by atoms with Gasteiger partial charge in [0.25, 0.3) is 0 Å². The van der Waals surface area contributed by atoms with Crippen LogP contribution in [0.1, 0.15) is 18.9 Å². The Balaban J connectivity index is 2.10. The van der Waals surface area contributed by atoms with Crippen molar-refractivity contribution in [2.24, 2.45) is 0 Å². The first-order valence-electron chi connectivity index (χ1n) is 5.67. The van der Waals surface area contributed by atoms with Crippen LogP contribution in [-0.4, -0.2) is 23.0 Å². The zero-order chi connectivity index (χ0) is 11.8. The summed E-state index contributed by atoms with van der Waals surface area (Å²) in [5, 5.41) is 5.44. The Morgan fingerprint density at radius 1 is 1.35 bits per heavy atom. The third-order valence-electron chi connectivity index (χ3n) is 3.16. The van der Waals surface area contributed by atoms with E-state index in [1.54, 1.807) is 6.07 Å². The van der Waals surface area contributed by atoms with Crippen LogP contribution in [-0.2, 0) is 4.74 Å². The molecule has 0 radical (unpaired) electrons. The van der Waals surface area contributed by atoms with Gasteiger partial charge in [-0.1, -0.05) is 0 Å². The van der Waals surface area contributed by atoms with E-state index in [9.17, 15) is 4.39 Å². The smallest absolute Gasteiger partial charge is 0.131 e. The summed E-state index contributed by atoms with van der Waals surface area (Å²) in [5.74, 6) is -0.207. The van der Waals surface area contributed by atoms with Crippen molar-refractivity contribution in [3.05, 3.63) is 27.7 Å². The highest BCUT2D eigenvalue weighted by atomic mass is 127. The van der Waals surface area contributed by atoms with Crippen molar-refractivity contribution in [2.75, 3.05) is 13.2 Å². The summed E-state index contributed by atoms with van der Waals surface area (Å²) in [6.07, 6.45) is 1.95. The fourth-order valence-electron chi connectivity index (χ4n) is 2.28. The number of aromatic nitrogens is 2. The molecule has 0 atom stereocenters. The van der Waals surface area contributed by atoms with Crippen molar-refractivity contribution in [1.82, 2.24) is 9.78 Å². The molecule has 0 N–H and O–H groups in total. The Labute approximate surface area is 112 Å². The van der Waals surface area contributed by atoms with Crippen LogP contribution in [0.5, 0.6) is 0 Å². The van der Waals surface area contributed by atoms with E-state index in [1.807, 2.05) is 10.7 Å². The Morgan fingerprint density at radius 3 is 2.88 bits per heavy atom. The molecule has 1 saturated heterocycles. The Kier molecular flexibility index (Phi) is 3.04. The first-order chi connectivity index (χ1) is 8.25. The molecule has 5 heteroatoms. The number of hydrogen-bond donors (Lipinski definition) is 0. The lowest BCUT2D eigenvalue weighted by Gasteiger charge is -2.23. The minimum atomic E-state index is -0.207. The van der Waals surface area contributed by atoms with Crippen LogP contribution in [0.2, 0.25) is 0 Å². The fraction of sp³-hybridized carbons (Fsp3) is 0.417. The summed E-state index contributed by atoms with van der Waals surface area (Å²) in [4.78, 5) is 0. The molecule has 0 spiro atoms. The lowest BCUT2D eigenvalue weighted by atomic mass is 10.1. The fourth-order valence-corrected chi connectivity index (χ4v) is 2.95. The van der Waals surface area contributed by atoms with E-state index in [-0.39, 0.29) is 5.82 Å². The van der Waals surface area contributed by atoms with Gasteiger partial charge in [-0.15, -0.1) is 0 Å². The number of ether oxygens (including phenoxy) is 1. The maximum atomic E-state index is 13.2. The molecule has 90 valence electrons. The highest BCUT2D eigenvalue weighted by molar-refractivity contribution is 14.1. The quantitative estimate of drug-likeness (QED) is 0.742. The molecule has 2 heterocycles. The molecular formula is C12H12FIN2O. The van der Waals surface area contributed by atoms with Crippen molar-refractivity contribution >= 4 is 33.5 Å². The van der Waals surface area contributed by atoms with E-state index >= 15 is 0 Å². The average molecular weight is 346 g/mol. The summed E-state index contributed by atoms with van der Waals surface area (Å²) in [6.45, 7) is 1.56. The second-order valence-electron chi connectivity index (χ2n) is 4.24. The van der Waals surface area contributed by atoms with Gasteiger partial charge in [-0.2, -0.15) is 5.10 Å². The number of nitrogens with zero attached hydrogens (tertiary/aromatic N) is 2. The number of benzene rings is 1. The second-order valence-corrected chi connectivity index (χ2v) is 5.26. The lowest BCUT2D eigenvalue weighted by molar-refractivity contribution is 0.0674. The maximum Gasteiger partial charge on any atom is 0.131 e. The first kappa shape index (κ1) is 11.4. The largest absolute Gasteiger partial charge is 0.381 e. The molecule has 1 aromatic carbocycles. The van der Waals surface area contributed by atoms with E-state index in [2.05, 4.69) is 27.7 Å². The highest BCUT2D eigenvalue weighted by Gasteiger charge is 2.20. The third kappa shape index (κ3) is 2.06. The Hall–Kier alpha value is -0.690. The minimum Gasteiger partial charge on any atom is -0.381 e. The molecule has 0 aliphatic carbocycles. The van der Waals surface area contributed by atoms with Crippen LogP contribution in [0.3, 0.4) is 0 Å². The SMILES string of the molecule is Fc1ccc2c(c1)c(I)nn2C1CCOCC1. The van der Waals surface area contributed by atoms with Crippen molar-refractivity contribution < 1.29 is 9.13 Å². The van der Waals surface area contributed by atoms with Gasteiger partial charge in [0, 0.05) is 18.6 Å². The summed E-state index contributed by atoms with van der Waals surface area (Å²) in [5.41, 5.74) is 1.02. The van der Waals surface area contributed by atoms with Crippen molar-refractivity contribution in [1.29, 1.82) is 0 Å². The van der Waals surface area contributed by atoms with Crippen molar-refractivity contribution in [3.63, 3.8) is 0 Å². The number of rotatable bonds is 1. The van der Waals surface area contributed by atoms with E-state index in [0.29, 0.717) is 6.04 Å². The van der Waals surface area contributed by atoms with E-state index < -0.39 is 0 Å². The van der Waals surface area contributed by atoms with Gasteiger partial charge in [0.15, 0.2) is 0 Å². The number of hydrogen-bond acceptors (Lipinski definition) is 2. The average Bonchev–Trinajstić information content (AvgIpc) is 2.68. The zero-order valence-corrected chi connectivity index (χ0v) is 11.4. The van der Waals surface area contributed by atoms with E-state index in [4.69, 9.17) is 4.74 Å². The number of fused-ring (bicyclic) bond motifs is 1. The molecule has 2 aromatic rings. The Morgan fingerprint density at radius 2 is 2.12 bits per heavy atom.